The Morgan fingerprint density at radius 3 is 2.38 bits per heavy atom. The van der Waals surface area contributed by atoms with Crippen molar-refractivity contribution in [3.05, 3.63) is 28.3 Å². The SMILES string of the molecule is CC(C)(C)OC(=O)N1CCC2(CC1)CN(c1ccc([N+](=O)[O-])c(O)c1)C2. The molecule has 1 N–H and O–H groups in total. The van der Waals surface area contributed by atoms with Crippen LogP contribution in [0.25, 0.3) is 0 Å². The first kappa shape index (κ1) is 18.3. The Morgan fingerprint density at radius 2 is 1.88 bits per heavy atom. The van der Waals surface area contributed by atoms with Crippen LogP contribution in [0.2, 0.25) is 0 Å². The van der Waals surface area contributed by atoms with E-state index in [0.29, 0.717) is 13.1 Å². The molecule has 2 fully saturated rings. The molecule has 0 atom stereocenters. The lowest BCUT2D eigenvalue weighted by atomic mass is 9.72. The number of carbonyl (C=O) groups excluding carboxylic acids is 1. The van der Waals surface area contributed by atoms with Crippen molar-refractivity contribution in [2.75, 3.05) is 31.1 Å². The van der Waals surface area contributed by atoms with E-state index in [1.165, 1.54) is 12.1 Å². The number of nitro benzene ring substituents is 1. The number of likely N-dealkylation sites (tertiary alicyclic amines) is 1. The first-order chi connectivity index (χ1) is 12.1. The average Bonchev–Trinajstić information content (AvgIpc) is 2.50. The molecule has 0 radical (unpaired) electrons. The molecule has 0 saturated carbocycles. The first-order valence-electron chi connectivity index (χ1n) is 8.79. The van der Waals surface area contributed by atoms with E-state index >= 15 is 0 Å². The third kappa shape index (κ3) is 3.68. The monoisotopic (exact) mass is 363 g/mol. The molecule has 26 heavy (non-hydrogen) atoms. The summed E-state index contributed by atoms with van der Waals surface area (Å²) in [6, 6.07) is 4.45. The number of carbonyl (C=O) groups is 1. The maximum absolute atomic E-state index is 12.2. The molecule has 2 aliphatic heterocycles. The molecule has 142 valence electrons. The molecule has 3 rings (SSSR count). The highest BCUT2D eigenvalue weighted by Gasteiger charge is 2.46. The van der Waals surface area contributed by atoms with Gasteiger partial charge in [-0.2, -0.15) is 0 Å². The van der Waals surface area contributed by atoms with Gasteiger partial charge in [0.1, 0.15) is 5.60 Å². The molecule has 2 saturated heterocycles. The third-order valence-corrected chi connectivity index (χ3v) is 5.05. The number of hydrogen-bond donors (Lipinski definition) is 1. The molecule has 1 amide bonds. The molecule has 1 aromatic rings. The van der Waals surface area contributed by atoms with Crippen molar-refractivity contribution in [3.8, 4) is 5.75 Å². The van der Waals surface area contributed by atoms with Gasteiger partial charge < -0.3 is 19.6 Å². The number of amides is 1. The zero-order valence-corrected chi connectivity index (χ0v) is 15.4. The number of nitro groups is 1. The quantitative estimate of drug-likeness (QED) is 0.640. The second-order valence-corrected chi connectivity index (χ2v) is 8.25. The molecule has 0 unspecified atom stereocenters. The van der Waals surface area contributed by atoms with Crippen LogP contribution in [-0.4, -0.2) is 52.8 Å². The van der Waals surface area contributed by atoms with E-state index < -0.39 is 10.5 Å². The van der Waals surface area contributed by atoms with Crippen LogP contribution in [0.3, 0.4) is 0 Å². The summed E-state index contributed by atoms with van der Waals surface area (Å²) in [6.45, 7) is 8.58. The molecule has 2 heterocycles. The average molecular weight is 363 g/mol. The molecule has 0 aromatic heterocycles. The maximum Gasteiger partial charge on any atom is 0.410 e. The summed E-state index contributed by atoms with van der Waals surface area (Å²) in [5.41, 5.74) is 0.177. The fraction of sp³-hybridized carbons (Fsp3) is 0.611. The maximum atomic E-state index is 12.2. The van der Waals surface area contributed by atoms with Gasteiger partial charge in [0.05, 0.1) is 4.92 Å². The Morgan fingerprint density at radius 1 is 1.27 bits per heavy atom. The van der Waals surface area contributed by atoms with E-state index in [0.717, 1.165) is 31.6 Å². The van der Waals surface area contributed by atoms with Crippen LogP contribution in [0.5, 0.6) is 5.75 Å². The lowest BCUT2D eigenvalue weighted by Crippen LogP contribution is -2.61. The van der Waals surface area contributed by atoms with E-state index in [4.69, 9.17) is 4.74 Å². The second-order valence-electron chi connectivity index (χ2n) is 8.25. The Hall–Kier alpha value is -2.51. The van der Waals surface area contributed by atoms with Crippen molar-refractivity contribution in [1.82, 2.24) is 4.90 Å². The first-order valence-corrected chi connectivity index (χ1v) is 8.79. The summed E-state index contributed by atoms with van der Waals surface area (Å²) >= 11 is 0. The number of rotatable bonds is 2. The van der Waals surface area contributed by atoms with Crippen LogP contribution < -0.4 is 4.90 Å². The largest absolute Gasteiger partial charge is 0.502 e. The van der Waals surface area contributed by atoms with Gasteiger partial charge in [-0.15, -0.1) is 0 Å². The number of anilines is 1. The Bertz CT molecular complexity index is 712. The molecule has 0 aliphatic carbocycles. The fourth-order valence-corrected chi connectivity index (χ4v) is 3.62. The normalized spacial score (nSPS) is 19.2. The van der Waals surface area contributed by atoms with Gasteiger partial charge in [0.15, 0.2) is 5.75 Å². The van der Waals surface area contributed by atoms with Gasteiger partial charge >= 0.3 is 11.8 Å². The summed E-state index contributed by atoms with van der Waals surface area (Å²) in [5, 5.41) is 20.6. The standard InChI is InChI=1S/C18H25N3O5/c1-17(2,3)26-16(23)19-8-6-18(7-9-19)11-20(12-18)13-4-5-14(21(24)25)15(22)10-13/h4-5,10,22H,6-9,11-12H2,1-3H3. The summed E-state index contributed by atoms with van der Waals surface area (Å²) in [4.78, 5) is 26.2. The van der Waals surface area contributed by atoms with E-state index in [-0.39, 0.29) is 22.9 Å². The van der Waals surface area contributed by atoms with Crippen LogP contribution in [0.4, 0.5) is 16.2 Å². The molecular formula is C18H25N3O5. The molecule has 8 nitrogen and oxygen atoms in total. The van der Waals surface area contributed by atoms with Crippen molar-refractivity contribution in [2.24, 2.45) is 5.41 Å². The predicted molar refractivity (Wildman–Crippen MR) is 96.4 cm³/mol. The zero-order valence-electron chi connectivity index (χ0n) is 15.4. The summed E-state index contributed by atoms with van der Waals surface area (Å²) in [6.07, 6.45) is 1.55. The lowest BCUT2D eigenvalue weighted by Gasteiger charge is -2.54. The Labute approximate surface area is 152 Å². The predicted octanol–water partition coefficient (Wildman–Crippen LogP) is 3.14. The van der Waals surface area contributed by atoms with Crippen molar-refractivity contribution in [2.45, 2.75) is 39.2 Å². The zero-order chi connectivity index (χ0) is 19.1. The van der Waals surface area contributed by atoms with Crippen LogP contribution in [0.15, 0.2) is 18.2 Å². The van der Waals surface area contributed by atoms with E-state index in [9.17, 15) is 20.0 Å². The van der Waals surface area contributed by atoms with Gasteiger partial charge in [-0.05, 0) is 39.7 Å². The van der Waals surface area contributed by atoms with Crippen molar-refractivity contribution in [3.63, 3.8) is 0 Å². The highest BCUT2D eigenvalue weighted by molar-refractivity contribution is 5.68. The second kappa shape index (κ2) is 6.34. The number of benzene rings is 1. The minimum absolute atomic E-state index is 0.163. The molecule has 2 aliphatic rings. The van der Waals surface area contributed by atoms with Gasteiger partial charge in [0, 0.05) is 49.4 Å². The molecule has 1 spiro atoms. The number of piperidine rings is 1. The van der Waals surface area contributed by atoms with E-state index in [1.54, 1.807) is 11.0 Å². The topological polar surface area (TPSA) is 96.2 Å². The Kier molecular flexibility index (Phi) is 4.46. The summed E-state index contributed by atoms with van der Waals surface area (Å²) in [5.74, 6) is -0.312. The van der Waals surface area contributed by atoms with Gasteiger partial charge in [0.2, 0.25) is 0 Å². The smallest absolute Gasteiger partial charge is 0.410 e. The highest BCUT2D eigenvalue weighted by Crippen LogP contribution is 2.44. The van der Waals surface area contributed by atoms with Crippen LogP contribution in [0, 0.1) is 15.5 Å². The number of phenols is 1. The number of phenolic OH excluding ortho intramolecular Hbond substituents is 1. The fourth-order valence-electron chi connectivity index (χ4n) is 3.62. The van der Waals surface area contributed by atoms with Crippen molar-refractivity contribution < 1.29 is 19.6 Å². The number of hydrogen-bond acceptors (Lipinski definition) is 6. The van der Waals surface area contributed by atoms with Gasteiger partial charge in [-0.3, -0.25) is 10.1 Å². The molecule has 8 heteroatoms. The summed E-state index contributed by atoms with van der Waals surface area (Å²) in [7, 11) is 0. The number of nitrogens with zero attached hydrogens (tertiary/aromatic N) is 3. The van der Waals surface area contributed by atoms with Gasteiger partial charge in [-0.1, -0.05) is 0 Å². The lowest BCUT2D eigenvalue weighted by molar-refractivity contribution is -0.385. The van der Waals surface area contributed by atoms with Crippen LogP contribution in [0.1, 0.15) is 33.6 Å². The van der Waals surface area contributed by atoms with Crippen molar-refractivity contribution >= 4 is 17.5 Å². The van der Waals surface area contributed by atoms with Crippen LogP contribution >= 0.6 is 0 Å². The number of aromatic hydroxyl groups is 1. The molecule has 0 bridgehead atoms. The van der Waals surface area contributed by atoms with E-state index in [1.807, 2.05) is 20.8 Å². The highest BCUT2D eigenvalue weighted by atomic mass is 16.6. The minimum atomic E-state index is -0.594. The van der Waals surface area contributed by atoms with E-state index in [2.05, 4.69) is 4.90 Å². The molecular weight excluding hydrogens is 338 g/mol. The van der Waals surface area contributed by atoms with Gasteiger partial charge in [0.25, 0.3) is 0 Å². The third-order valence-electron chi connectivity index (χ3n) is 5.05. The number of ether oxygens (including phenoxy) is 1. The molecule has 1 aromatic carbocycles. The van der Waals surface area contributed by atoms with Crippen LogP contribution in [-0.2, 0) is 4.74 Å². The van der Waals surface area contributed by atoms with Gasteiger partial charge in [-0.25, -0.2) is 4.79 Å². The summed E-state index contributed by atoms with van der Waals surface area (Å²) < 4.78 is 5.42. The Balaban J connectivity index is 1.55. The minimum Gasteiger partial charge on any atom is -0.502 e. The van der Waals surface area contributed by atoms with Crippen molar-refractivity contribution in [1.29, 1.82) is 0 Å².